The minimum atomic E-state index is -4.32. The first kappa shape index (κ1) is 24.7. The van der Waals surface area contributed by atoms with Gasteiger partial charge < -0.3 is 15.5 Å². The van der Waals surface area contributed by atoms with E-state index in [2.05, 4.69) is 20.6 Å². The summed E-state index contributed by atoms with van der Waals surface area (Å²) >= 11 is 0. The molecule has 2 rings (SSSR count). The van der Waals surface area contributed by atoms with E-state index in [-0.39, 0.29) is 12.0 Å². The SMILES string of the molecule is CCNC(=NCC(c1cnn(C)c1)N(C)C)NCCC(C)c1cccc(C(F)(F)F)c1. The Morgan fingerprint density at radius 1 is 1.23 bits per heavy atom. The van der Waals surface area contributed by atoms with E-state index in [1.807, 2.05) is 47.4 Å². The molecule has 2 unspecified atom stereocenters. The number of aliphatic imine (C=N–C) groups is 1. The fourth-order valence-corrected chi connectivity index (χ4v) is 3.29. The van der Waals surface area contributed by atoms with Crippen molar-refractivity contribution < 1.29 is 13.2 Å². The van der Waals surface area contributed by atoms with Crippen LogP contribution >= 0.6 is 0 Å². The topological polar surface area (TPSA) is 57.5 Å². The van der Waals surface area contributed by atoms with Crippen LogP contribution in [0.1, 0.15) is 48.9 Å². The molecule has 0 spiro atoms. The average Bonchev–Trinajstić information content (AvgIpc) is 3.13. The van der Waals surface area contributed by atoms with Gasteiger partial charge in [-0.15, -0.1) is 0 Å². The minimum absolute atomic E-state index is 0.0115. The van der Waals surface area contributed by atoms with Gasteiger partial charge in [0, 0.05) is 31.9 Å². The van der Waals surface area contributed by atoms with Gasteiger partial charge in [-0.05, 0) is 45.0 Å². The van der Waals surface area contributed by atoms with Crippen molar-refractivity contribution in [3.8, 4) is 0 Å². The predicted molar refractivity (Wildman–Crippen MR) is 118 cm³/mol. The molecule has 0 saturated carbocycles. The van der Waals surface area contributed by atoms with E-state index in [4.69, 9.17) is 4.99 Å². The second-order valence-corrected chi connectivity index (χ2v) is 7.89. The van der Waals surface area contributed by atoms with Crippen molar-refractivity contribution in [1.82, 2.24) is 25.3 Å². The van der Waals surface area contributed by atoms with Crippen molar-refractivity contribution in [3.05, 3.63) is 53.3 Å². The Morgan fingerprint density at radius 3 is 2.55 bits per heavy atom. The average molecular weight is 439 g/mol. The first-order valence-electron chi connectivity index (χ1n) is 10.5. The minimum Gasteiger partial charge on any atom is -0.357 e. The molecule has 2 atom stereocenters. The summed E-state index contributed by atoms with van der Waals surface area (Å²) in [4.78, 5) is 6.80. The molecular formula is C22H33F3N6. The summed E-state index contributed by atoms with van der Waals surface area (Å²) in [6.07, 6.45) is 0.191. The van der Waals surface area contributed by atoms with Crippen LogP contribution in [-0.2, 0) is 13.2 Å². The number of nitrogens with zero attached hydrogens (tertiary/aromatic N) is 4. The van der Waals surface area contributed by atoms with Gasteiger partial charge >= 0.3 is 6.18 Å². The molecule has 0 saturated heterocycles. The first-order chi connectivity index (χ1) is 14.6. The molecule has 1 aromatic carbocycles. The number of benzene rings is 1. The molecule has 1 heterocycles. The Bertz CT molecular complexity index is 844. The van der Waals surface area contributed by atoms with Gasteiger partial charge in [0.25, 0.3) is 0 Å². The van der Waals surface area contributed by atoms with E-state index in [0.29, 0.717) is 37.6 Å². The maximum atomic E-state index is 13.0. The molecular weight excluding hydrogens is 405 g/mol. The van der Waals surface area contributed by atoms with Crippen LogP contribution < -0.4 is 10.6 Å². The number of aromatic nitrogens is 2. The number of rotatable bonds is 9. The van der Waals surface area contributed by atoms with Crippen molar-refractivity contribution in [3.63, 3.8) is 0 Å². The van der Waals surface area contributed by atoms with Crippen molar-refractivity contribution in [2.75, 3.05) is 33.7 Å². The third-order valence-electron chi connectivity index (χ3n) is 5.15. The highest BCUT2D eigenvalue weighted by Gasteiger charge is 2.30. The summed E-state index contributed by atoms with van der Waals surface area (Å²) in [5, 5.41) is 10.8. The Labute approximate surface area is 182 Å². The number of hydrogen-bond donors (Lipinski definition) is 2. The van der Waals surface area contributed by atoms with Gasteiger partial charge in [-0.2, -0.15) is 18.3 Å². The second kappa shape index (κ2) is 11.2. The first-order valence-corrected chi connectivity index (χ1v) is 10.5. The highest BCUT2D eigenvalue weighted by Crippen LogP contribution is 2.31. The monoisotopic (exact) mass is 438 g/mol. The van der Waals surface area contributed by atoms with Gasteiger partial charge in [0.15, 0.2) is 5.96 Å². The zero-order valence-corrected chi connectivity index (χ0v) is 18.9. The number of guanidine groups is 1. The van der Waals surface area contributed by atoms with Crippen molar-refractivity contribution >= 4 is 5.96 Å². The molecule has 172 valence electrons. The largest absolute Gasteiger partial charge is 0.416 e. The zero-order chi connectivity index (χ0) is 23.0. The van der Waals surface area contributed by atoms with Gasteiger partial charge in [-0.3, -0.25) is 9.67 Å². The van der Waals surface area contributed by atoms with Gasteiger partial charge in [-0.1, -0.05) is 25.1 Å². The summed E-state index contributed by atoms with van der Waals surface area (Å²) in [6.45, 7) is 5.80. The van der Waals surface area contributed by atoms with E-state index in [0.717, 1.165) is 11.6 Å². The van der Waals surface area contributed by atoms with Crippen LogP contribution in [0.3, 0.4) is 0 Å². The summed E-state index contributed by atoms with van der Waals surface area (Å²) in [5.41, 5.74) is 1.16. The summed E-state index contributed by atoms with van der Waals surface area (Å²) < 4.78 is 40.7. The van der Waals surface area contributed by atoms with Crippen molar-refractivity contribution in [1.29, 1.82) is 0 Å². The van der Waals surface area contributed by atoms with Gasteiger partial charge in [0.05, 0.1) is 24.3 Å². The van der Waals surface area contributed by atoms with E-state index >= 15 is 0 Å². The Hall–Kier alpha value is -2.55. The third kappa shape index (κ3) is 7.57. The number of halogens is 3. The van der Waals surface area contributed by atoms with Crippen LogP contribution in [0.5, 0.6) is 0 Å². The number of hydrogen-bond acceptors (Lipinski definition) is 3. The van der Waals surface area contributed by atoms with Crippen LogP contribution in [0.15, 0.2) is 41.7 Å². The number of alkyl halides is 3. The van der Waals surface area contributed by atoms with Crippen LogP contribution in [-0.4, -0.2) is 54.4 Å². The molecule has 6 nitrogen and oxygen atoms in total. The van der Waals surface area contributed by atoms with E-state index in [1.165, 1.54) is 12.1 Å². The summed E-state index contributed by atoms with van der Waals surface area (Å²) in [6, 6.07) is 5.64. The molecule has 31 heavy (non-hydrogen) atoms. The van der Waals surface area contributed by atoms with Gasteiger partial charge in [0.2, 0.25) is 0 Å². The highest BCUT2D eigenvalue weighted by molar-refractivity contribution is 5.79. The smallest absolute Gasteiger partial charge is 0.357 e. The lowest BCUT2D eigenvalue weighted by molar-refractivity contribution is -0.137. The van der Waals surface area contributed by atoms with E-state index in [9.17, 15) is 13.2 Å². The Morgan fingerprint density at radius 2 is 1.97 bits per heavy atom. The fourth-order valence-electron chi connectivity index (χ4n) is 3.29. The summed E-state index contributed by atoms with van der Waals surface area (Å²) in [5.74, 6) is 0.678. The van der Waals surface area contributed by atoms with E-state index in [1.54, 1.807) is 10.7 Å². The molecule has 0 fully saturated rings. The quantitative estimate of drug-likeness (QED) is 0.462. The third-order valence-corrected chi connectivity index (χ3v) is 5.15. The molecule has 0 aliphatic heterocycles. The zero-order valence-electron chi connectivity index (χ0n) is 18.9. The fraction of sp³-hybridized carbons (Fsp3) is 0.545. The lowest BCUT2D eigenvalue weighted by Crippen LogP contribution is -2.38. The molecule has 0 aliphatic rings. The number of aryl methyl sites for hydroxylation is 1. The molecule has 2 aromatic rings. The van der Waals surface area contributed by atoms with Crippen LogP contribution in [0, 0.1) is 0 Å². The Balaban J connectivity index is 1.97. The second-order valence-electron chi connectivity index (χ2n) is 7.89. The lowest BCUT2D eigenvalue weighted by Gasteiger charge is -2.22. The highest BCUT2D eigenvalue weighted by atomic mass is 19.4. The summed E-state index contributed by atoms with van der Waals surface area (Å²) in [7, 11) is 5.89. The molecule has 1 aromatic heterocycles. The van der Waals surface area contributed by atoms with E-state index < -0.39 is 11.7 Å². The maximum Gasteiger partial charge on any atom is 0.416 e. The van der Waals surface area contributed by atoms with Crippen LogP contribution in [0.25, 0.3) is 0 Å². The normalized spacial score (nSPS) is 14.5. The van der Waals surface area contributed by atoms with Crippen LogP contribution in [0.2, 0.25) is 0 Å². The van der Waals surface area contributed by atoms with Crippen LogP contribution in [0.4, 0.5) is 13.2 Å². The maximum absolute atomic E-state index is 13.0. The lowest BCUT2D eigenvalue weighted by atomic mass is 9.96. The molecule has 0 aliphatic carbocycles. The Kier molecular flexibility index (Phi) is 8.91. The molecule has 0 amide bonds. The number of nitrogens with one attached hydrogen (secondary N) is 2. The molecule has 0 bridgehead atoms. The number of likely N-dealkylation sites (N-methyl/N-ethyl adjacent to an activating group) is 1. The predicted octanol–water partition coefficient (Wildman–Crippen LogP) is 3.79. The van der Waals surface area contributed by atoms with Crippen molar-refractivity contribution in [2.45, 2.75) is 38.4 Å². The van der Waals surface area contributed by atoms with Crippen molar-refractivity contribution in [2.24, 2.45) is 12.0 Å². The molecule has 2 N–H and O–H groups in total. The standard InChI is InChI=1S/C22H33F3N6/c1-6-26-21(28-14-20(30(3)4)18-13-29-31(5)15-18)27-11-10-16(2)17-8-7-9-19(12-17)22(23,24)25/h7-9,12-13,15-16,20H,6,10-11,14H2,1-5H3,(H2,26,27,28). The van der Waals surface area contributed by atoms with Gasteiger partial charge in [-0.25, -0.2) is 0 Å². The molecule has 0 radical (unpaired) electrons. The van der Waals surface area contributed by atoms with Gasteiger partial charge in [0.1, 0.15) is 0 Å². The molecule has 9 heteroatoms.